The number of rotatable bonds is 2. The molecule has 1 aliphatic carbocycles. The Morgan fingerprint density at radius 1 is 1.44 bits per heavy atom. The third kappa shape index (κ3) is 1.69. The summed E-state index contributed by atoms with van der Waals surface area (Å²) in [5, 5.41) is 0. The van der Waals surface area contributed by atoms with Gasteiger partial charge in [-0.05, 0) is 59.5 Å². The Labute approximate surface area is 107 Å². The van der Waals surface area contributed by atoms with Crippen LogP contribution in [-0.4, -0.2) is 4.57 Å². The zero-order valence-corrected chi connectivity index (χ0v) is 10.9. The fourth-order valence-electron chi connectivity index (χ4n) is 2.14. The van der Waals surface area contributed by atoms with Gasteiger partial charge < -0.3 is 4.42 Å². The highest BCUT2D eigenvalue weighted by atomic mass is 127. The molecular formula is C12H12INO2. The van der Waals surface area contributed by atoms with E-state index >= 15 is 0 Å². The van der Waals surface area contributed by atoms with Crippen molar-refractivity contribution in [2.24, 2.45) is 5.92 Å². The van der Waals surface area contributed by atoms with E-state index in [0.29, 0.717) is 11.5 Å². The quantitative estimate of drug-likeness (QED) is 0.794. The molecule has 0 N–H and O–H groups in total. The zero-order chi connectivity index (χ0) is 11.1. The summed E-state index contributed by atoms with van der Waals surface area (Å²) >= 11 is 2.25. The first-order chi connectivity index (χ1) is 7.74. The molecule has 3 rings (SSSR count). The van der Waals surface area contributed by atoms with Gasteiger partial charge in [0.25, 0.3) is 0 Å². The second-order valence-electron chi connectivity index (χ2n) is 4.39. The van der Waals surface area contributed by atoms with Crippen molar-refractivity contribution in [3.05, 3.63) is 32.3 Å². The van der Waals surface area contributed by atoms with E-state index in [9.17, 15) is 4.79 Å². The average molecular weight is 329 g/mol. The van der Waals surface area contributed by atoms with Crippen molar-refractivity contribution in [3.8, 4) is 0 Å². The number of nitrogens with zero attached hydrogens (tertiary/aromatic N) is 1. The second-order valence-corrected chi connectivity index (χ2v) is 5.63. The monoisotopic (exact) mass is 329 g/mol. The first-order valence-electron chi connectivity index (χ1n) is 5.53. The first-order valence-corrected chi connectivity index (χ1v) is 6.61. The number of benzene rings is 1. The molecule has 0 bridgehead atoms. The Hall–Kier alpha value is -0.780. The minimum absolute atomic E-state index is 0.219. The minimum atomic E-state index is -0.219. The lowest BCUT2D eigenvalue weighted by molar-refractivity contribution is 0.271. The van der Waals surface area contributed by atoms with E-state index in [2.05, 4.69) is 22.6 Å². The SMILES string of the molecule is O=c1oc2ccc(I)cc2n1CC1CCC1. The van der Waals surface area contributed by atoms with E-state index in [0.717, 1.165) is 15.6 Å². The van der Waals surface area contributed by atoms with Crippen LogP contribution >= 0.6 is 22.6 Å². The lowest BCUT2D eigenvalue weighted by Gasteiger charge is -2.25. The zero-order valence-electron chi connectivity index (χ0n) is 8.78. The van der Waals surface area contributed by atoms with Crippen molar-refractivity contribution in [3.63, 3.8) is 0 Å². The number of aromatic nitrogens is 1. The number of fused-ring (bicyclic) bond motifs is 1. The lowest BCUT2D eigenvalue weighted by Crippen LogP contribution is -2.24. The summed E-state index contributed by atoms with van der Waals surface area (Å²) in [6, 6.07) is 5.84. The van der Waals surface area contributed by atoms with E-state index < -0.39 is 0 Å². The third-order valence-electron chi connectivity index (χ3n) is 3.29. The summed E-state index contributed by atoms with van der Waals surface area (Å²) in [5.74, 6) is 0.445. The minimum Gasteiger partial charge on any atom is -0.408 e. The molecule has 0 spiro atoms. The highest BCUT2D eigenvalue weighted by Gasteiger charge is 2.20. The van der Waals surface area contributed by atoms with Crippen molar-refractivity contribution < 1.29 is 4.42 Å². The predicted octanol–water partition coefficient (Wildman–Crippen LogP) is 3.00. The maximum atomic E-state index is 11.7. The first kappa shape index (κ1) is 10.4. The molecular weight excluding hydrogens is 317 g/mol. The van der Waals surface area contributed by atoms with Crippen LogP contribution in [0, 0.1) is 9.49 Å². The highest BCUT2D eigenvalue weighted by Crippen LogP contribution is 2.28. The Balaban J connectivity index is 2.09. The van der Waals surface area contributed by atoms with Gasteiger partial charge in [0.15, 0.2) is 5.58 Å². The summed E-state index contributed by atoms with van der Waals surface area (Å²) in [6.45, 7) is 0.811. The molecule has 2 aromatic rings. The van der Waals surface area contributed by atoms with Gasteiger partial charge >= 0.3 is 5.76 Å². The van der Waals surface area contributed by atoms with E-state index in [4.69, 9.17) is 4.42 Å². The van der Waals surface area contributed by atoms with E-state index in [1.807, 2.05) is 18.2 Å². The number of hydrogen-bond donors (Lipinski definition) is 0. The van der Waals surface area contributed by atoms with Crippen molar-refractivity contribution in [1.82, 2.24) is 4.57 Å². The largest absolute Gasteiger partial charge is 0.419 e. The molecule has 0 unspecified atom stereocenters. The number of halogens is 1. The van der Waals surface area contributed by atoms with Crippen LogP contribution in [0.5, 0.6) is 0 Å². The summed E-state index contributed by atoms with van der Waals surface area (Å²) < 4.78 is 8.14. The molecule has 0 aliphatic heterocycles. The molecule has 0 saturated heterocycles. The Morgan fingerprint density at radius 3 is 2.94 bits per heavy atom. The summed E-state index contributed by atoms with van der Waals surface area (Å²) in [6.07, 6.45) is 3.78. The number of hydrogen-bond acceptors (Lipinski definition) is 2. The Bertz CT molecular complexity index is 580. The average Bonchev–Trinajstić information content (AvgIpc) is 2.48. The van der Waals surface area contributed by atoms with Crippen LogP contribution in [0.25, 0.3) is 11.1 Å². The molecule has 1 aromatic carbocycles. The molecule has 1 fully saturated rings. The highest BCUT2D eigenvalue weighted by molar-refractivity contribution is 14.1. The van der Waals surface area contributed by atoms with Crippen molar-refractivity contribution in [2.45, 2.75) is 25.8 Å². The fraction of sp³-hybridized carbons (Fsp3) is 0.417. The van der Waals surface area contributed by atoms with Gasteiger partial charge in [0, 0.05) is 10.1 Å². The van der Waals surface area contributed by atoms with Crippen LogP contribution in [0.4, 0.5) is 0 Å². The second kappa shape index (κ2) is 3.91. The third-order valence-corrected chi connectivity index (χ3v) is 3.97. The molecule has 0 amide bonds. The van der Waals surface area contributed by atoms with Gasteiger partial charge in [0.2, 0.25) is 0 Å². The summed E-state index contributed by atoms with van der Waals surface area (Å²) in [5.41, 5.74) is 1.63. The molecule has 16 heavy (non-hydrogen) atoms. The fourth-order valence-corrected chi connectivity index (χ4v) is 2.62. The van der Waals surface area contributed by atoms with Gasteiger partial charge in [0.05, 0.1) is 5.52 Å². The smallest absolute Gasteiger partial charge is 0.408 e. The van der Waals surface area contributed by atoms with Gasteiger partial charge in [-0.2, -0.15) is 0 Å². The predicted molar refractivity (Wildman–Crippen MR) is 70.5 cm³/mol. The summed E-state index contributed by atoms with van der Waals surface area (Å²) in [4.78, 5) is 11.7. The molecule has 1 aliphatic rings. The van der Waals surface area contributed by atoms with Gasteiger partial charge in [-0.3, -0.25) is 4.57 Å². The lowest BCUT2D eigenvalue weighted by atomic mass is 9.85. The standard InChI is InChI=1S/C12H12INO2/c13-9-4-5-11-10(6-9)14(12(15)16-11)7-8-2-1-3-8/h4-6,8H,1-3,7H2. The van der Waals surface area contributed by atoms with Gasteiger partial charge in [-0.15, -0.1) is 0 Å². The van der Waals surface area contributed by atoms with Gasteiger partial charge in [0.1, 0.15) is 0 Å². The maximum absolute atomic E-state index is 11.7. The Kier molecular flexibility index (Phi) is 2.53. The van der Waals surface area contributed by atoms with Crippen molar-refractivity contribution in [2.75, 3.05) is 0 Å². The Morgan fingerprint density at radius 2 is 2.25 bits per heavy atom. The molecule has 3 nitrogen and oxygen atoms in total. The number of oxazole rings is 1. The van der Waals surface area contributed by atoms with Crippen molar-refractivity contribution in [1.29, 1.82) is 0 Å². The molecule has 1 aromatic heterocycles. The van der Waals surface area contributed by atoms with Crippen LogP contribution in [0.2, 0.25) is 0 Å². The summed E-state index contributed by atoms with van der Waals surface area (Å²) in [7, 11) is 0. The van der Waals surface area contributed by atoms with Gasteiger partial charge in [-0.1, -0.05) is 6.42 Å². The van der Waals surface area contributed by atoms with Crippen LogP contribution in [0.3, 0.4) is 0 Å². The van der Waals surface area contributed by atoms with Crippen LogP contribution in [-0.2, 0) is 6.54 Å². The molecule has 1 heterocycles. The van der Waals surface area contributed by atoms with Gasteiger partial charge in [-0.25, -0.2) is 4.79 Å². The topological polar surface area (TPSA) is 35.1 Å². The van der Waals surface area contributed by atoms with Crippen molar-refractivity contribution >= 4 is 33.7 Å². The van der Waals surface area contributed by atoms with E-state index in [-0.39, 0.29) is 5.76 Å². The van der Waals surface area contributed by atoms with Crippen LogP contribution in [0.1, 0.15) is 19.3 Å². The van der Waals surface area contributed by atoms with Crippen LogP contribution < -0.4 is 5.76 Å². The van der Waals surface area contributed by atoms with E-state index in [1.165, 1.54) is 19.3 Å². The normalized spacial score (nSPS) is 16.6. The molecule has 4 heteroatoms. The van der Waals surface area contributed by atoms with E-state index in [1.54, 1.807) is 4.57 Å². The molecule has 0 atom stereocenters. The molecule has 1 saturated carbocycles. The molecule has 0 radical (unpaired) electrons. The molecule has 84 valence electrons. The maximum Gasteiger partial charge on any atom is 0.419 e. The van der Waals surface area contributed by atoms with Crippen LogP contribution in [0.15, 0.2) is 27.4 Å².